The van der Waals surface area contributed by atoms with Crippen molar-refractivity contribution in [3.05, 3.63) is 36.0 Å². The fourth-order valence-corrected chi connectivity index (χ4v) is 5.55. The highest BCUT2D eigenvalue weighted by molar-refractivity contribution is 6.06. The lowest BCUT2D eigenvalue weighted by atomic mass is 9.78. The molecule has 4 heterocycles. The second kappa shape index (κ2) is 8.06. The van der Waals surface area contributed by atoms with Gasteiger partial charge in [0.25, 0.3) is 5.91 Å². The minimum Gasteiger partial charge on any atom is -0.375 e. The highest BCUT2D eigenvalue weighted by Crippen LogP contribution is 2.39. The van der Waals surface area contributed by atoms with E-state index in [0.29, 0.717) is 31.3 Å². The molecule has 0 bridgehead atoms. The zero-order valence-electron chi connectivity index (χ0n) is 17.6. The van der Waals surface area contributed by atoms with Crippen LogP contribution in [0.25, 0.3) is 10.9 Å². The first-order valence-corrected chi connectivity index (χ1v) is 11.4. The summed E-state index contributed by atoms with van der Waals surface area (Å²) in [5, 5.41) is 0.984. The average Bonchev–Trinajstić information content (AvgIpc) is 3.46. The van der Waals surface area contributed by atoms with Crippen LogP contribution in [0.1, 0.15) is 55.3 Å². The third-order valence-electron chi connectivity index (χ3n) is 7.30. The Morgan fingerprint density at radius 3 is 2.67 bits per heavy atom. The van der Waals surface area contributed by atoms with Gasteiger partial charge in [-0.1, -0.05) is 6.07 Å². The lowest BCUT2D eigenvalue weighted by Crippen LogP contribution is -2.51. The molecule has 6 heteroatoms. The molecule has 160 valence electrons. The van der Waals surface area contributed by atoms with Gasteiger partial charge in [-0.05, 0) is 62.6 Å². The summed E-state index contributed by atoms with van der Waals surface area (Å²) in [6.07, 6.45) is 8.46. The van der Waals surface area contributed by atoms with Gasteiger partial charge in [0.2, 0.25) is 5.91 Å². The monoisotopic (exact) mass is 409 g/mol. The fourth-order valence-electron chi connectivity index (χ4n) is 5.55. The van der Waals surface area contributed by atoms with Crippen molar-refractivity contribution in [2.75, 3.05) is 32.8 Å². The van der Waals surface area contributed by atoms with Gasteiger partial charge >= 0.3 is 0 Å². The van der Waals surface area contributed by atoms with Gasteiger partial charge < -0.3 is 19.5 Å². The van der Waals surface area contributed by atoms with Gasteiger partial charge in [0, 0.05) is 61.9 Å². The van der Waals surface area contributed by atoms with E-state index in [9.17, 15) is 9.59 Å². The topological polar surface area (TPSA) is 65.6 Å². The number of fused-ring (bicyclic) bond motifs is 1. The number of rotatable bonds is 3. The zero-order chi connectivity index (χ0) is 20.6. The van der Waals surface area contributed by atoms with Gasteiger partial charge in [0.05, 0.1) is 5.60 Å². The maximum Gasteiger partial charge on any atom is 0.254 e. The van der Waals surface area contributed by atoms with E-state index in [0.717, 1.165) is 74.7 Å². The Morgan fingerprint density at radius 1 is 1.07 bits per heavy atom. The van der Waals surface area contributed by atoms with Gasteiger partial charge in [0.1, 0.15) is 0 Å². The molecule has 3 aliphatic rings. The highest BCUT2D eigenvalue weighted by atomic mass is 16.5. The van der Waals surface area contributed by atoms with Crippen molar-refractivity contribution in [1.82, 2.24) is 14.8 Å². The van der Waals surface area contributed by atoms with Crippen molar-refractivity contribution >= 4 is 22.7 Å². The second-order valence-electron chi connectivity index (χ2n) is 9.22. The number of aromatic amines is 1. The Bertz CT molecular complexity index is 923. The number of nitrogens with zero attached hydrogens (tertiary/aromatic N) is 2. The molecule has 1 aromatic carbocycles. The molecule has 1 N–H and O–H groups in total. The molecule has 5 rings (SSSR count). The molecule has 30 heavy (non-hydrogen) atoms. The second-order valence-corrected chi connectivity index (χ2v) is 9.22. The Hall–Kier alpha value is -2.34. The highest BCUT2D eigenvalue weighted by Gasteiger charge is 2.42. The lowest BCUT2D eigenvalue weighted by Gasteiger charge is -2.46. The minimum atomic E-state index is -0.162. The smallest absolute Gasteiger partial charge is 0.254 e. The lowest BCUT2D eigenvalue weighted by molar-refractivity contribution is -0.140. The molecule has 3 fully saturated rings. The molecule has 0 aliphatic carbocycles. The largest absolute Gasteiger partial charge is 0.375 e. The van der Waals surface area contributed by atoms with E-state index in [1.54, 1.807) is 0 Å². The zero-order valence-corrected chi connectivity index (χ0v) is 17.6. The van der Waals surface area contributed by atoms with Crippen molar-refractivity contribution < 1.29 is 14.3 Å². The van der Waals surface area contributed by atoms with Crippen molar-refractivity contribution in [2.45, 2.75) is 50.5 Å². The summed E-state index contributed by atoms with van der Waals surface area (Å²) in [4.78, 5) is 32.9. The van der Waals surface area contributed by atoms with Gasteiger partial charge in [-0.15, -0.1) is 0 Å². The summed E-state index contributed by atoms with van der Waals surface area (Å²) < 4.78 is 6.27. The number of benzene rings is 1. The molecule has 6 nitrogen and oxygen atoms in total. The van der Waals surface area contributed by atoms with Crippen LogP contribution in [0.2, 0.25) is 0 Å². The van der Waals surface area contributed by atoms with Crippen LogP contribution in [0.5, 0.6) is 0 Å². The van der Waals surface area contributed by atoms with Crippen LogP contribution in [0.15, 0.2) is 30.5 Å². The summed E-state index contributed by atoms with van der Waals surface area (Å²) in [5.74, 6) is 0.830. The molecule has 0 saturated carbocycles. The van der Waals surface area contributed by atoms with Crippen LogP contribution in [-0.4, -0.2) is 65.0 Å². The number of hydrogen-bond donors (Lipinski definition) is 1. The summed E-state index contributed by atoms with van der Waals surface area (Å²) in [7, 11) is 0. The van der Waals surface area contributed by atoms with Crippen LogP contribution in [0.3, 0.4) is 0 Å². The standard InChI is InChI=1S/C24H31N3O3/c28-22(26-11-1-2-12-26)16-18-7-15-30-24(17-18)8-13-27(14-9-24)23(29)20-4-3-5-21-19(20)6-10-25-21/h3-6,10,18,25H,1-2,7-9,11-17H2. The Kier molecular flexibility index (Phi) is 5.27. The third kappa shape index (κ3) is 3.73. The van der Waals surface area contributed by atoms with Crippen LogP contribution in [0, 0.1) is 5.92 Å². The van der Waals surface area contributed by atoms with Crippen LogP contribution >= 0.6 is 0 Å². The first-order chi connectivity index (χ1) is 14.6. The summed E-state index contributed by atoms with van der Waals surface area (Å²) in [6.45, 7) is 4.02. The maximum atomic E-state index is 13.2. The van der Waals surface area contributed by atoms with Gasteiger partial charge in [-0.25, -0.2) is 0 Å². The molecule has 2 amide bonds. The van der Waals surface area contributed by atoms with Crippen LogP contribution < -0.4 is 0 Å². The molecule has 3 aliphatic heterocycles. The number of amides is 2. The molecule has 0 radical (unpaired) electrons. The predicted octanol–water partition coefficient (Wildman–Crippen LogP) is 3.58. The first-order valence-electron chi connectivity index (χ1n) is 11.4. The van der Waals surface area contributed by atoms with E-state index in [4.69, 9.17) is 4.74 Å². The minimum absolute atomic E-state index is 0.103. The maximum absolute atomic E-state index is 13.2. The SMILES string of the molecule is O=C(CC1CCOC2(CCN(C(=O)c3cccc4[nH]ccc34)CC2)C1)N1CCCC1. The number of nitrogens with one attached hydrogen (secondary N) is 1. The number of ether oxygens (including phenoxy) is 1. The Morgan fingerprint density at radius 2 is 1.87 bits per heavy atom. The van der Waals surface area contributed by atoms with E-state index < -0.39 is 0 Å². The Labute approximate surface area is 177 Å². The van der Waals surface area contributed by atoms with Crippen molar-refractivity contribution in [2.24, 2.45) is 5.92 Å². The van der Waals surface area contributed by atoms with E-state index in [1.165, 1.54) is 0 Å². The molecule has 1 spiro atoms. The number of carbonyl (C=O) groups is 2. The molecule has 3 saturated heterocycles. The molecular formula is C24H31N3O3. The van der Waals surface area contributed by atoms with Crippen LogP contribution in [0.4, 0.5) is 0 Å². The number of piperidine rings is 1. The van der Waals surface area contributed by atoms with Gasteiger partial charge in [0.15, 0.2) is 0 Å². The molecule has 2 aromatic rings. The van der Waals surface area contributed by atoms with Gasteiger partial charge in [-0.3, -0.25) is 9.59 Å². The van der Waals surface area contributed by atoms with Crippen molar-refractivity contribution in [3.8, 4) is 0 Å². The molecule has 1 aromatic heterocycles. The molecular weight excluding hydrogens is 378 g/mol. The van der Waals surface area contributed by atoms with Crippen LogP contribution in [-0.2, 0) is 9.53 Å². The number of H-pyrrole nitrogens is 1. The number of likely N-dealkylation sites (tertiary alicyclic amines) is 2. The summed E-state index contributed by atoms with van der Waals surface area (Å²) >= 11 is 0. The molecule has 1 atom stereocenters. The average molecular weight is 410 g/mol. The van der Waals surface area contributed by atoms with Crippen molar-refractivity contribution in [3.63, 3.8) is 0 Å². The van der Waals surface area contributed by atoms with Crippen molar-refractivity contribution in [1.29, 1.82) is 0 Å². The predicted molar refractivity (Wildman–Crippen MR) is 115 cm³/mol. The fraction of sp³-hybridized carbons (Fsp3) is 0.583. The van der Waals surface area contributed by atoms with E-state index in [2.05, 4.69) is 4.98 Å². The quantitative estimate of drug-likeness (QED) is 0.843. The van der Waals surface area contributed by atoms with Gasteiger partial charge in [-0.2, -0.15) is 0 Å². The number of aromatic nitrogens is 1. The summed E-state index contributed by atoms with van der Waals surface area (Å²) in [6, 6.07) is 7.82. The van der Waals surface area contributed by atoms with E-state index in [-0.39, 0.29) is 11.5 Å². The Balaban J connectivity index is 1.21. The van der Waals surface area contributed by atoms with E-state index in [1.807, 2.05) is 40.3 Å². The molecule has 1 unspecified atom stereocenters. The third-order valence-corrected chi connectivity index (χ3v) is 7.30. The normalized spacial score (nSPS) is 23.9. The number of carbonyl (C=O) groups excluding carboxylic acids is 2. The first kappa shape index (κ1) is 19.6. The summed E-state index contributed by atoms with van der Waals surface area (Å²) in [5.41, 5.74) is 1.60. The van der Waals surface area contributed by atoms with E-state index >= 15 is 0 Å². The number of hydrogen-bond acceptors (Lipinski definition) is 3.